The van der Waals surface area contributed by atoms with Crippen LogP contribution in [0.5, 0.6) is 0 Å². The lowest BCUT2D eigenvalue weighted by molar-refractivity contribution is -0.139. The Kier molecular flexibility index (Phi) is 3.80. The zero-order valence-corrected chi connectivity index (χ0v) is 12.4. The number of hydrogen-bond donors (Lipinski definition) is 2. The van der Waals surface area contributed by atoms with Crippen LogP contribution in [0.4, 0.5) is 0 Å². The number of aliphatic carboxylic acids is 1. The van der Waals surface area contributed by atoms with Gasteiger partial charge < -0.3 is 14.8 Å². The van der Waals surface area contributed by atoms with Gasteiger partial charge in [0.05, 0.1) is 0 Å². The number of aryl methyl sites for hydroxylation is 1. The number of imidazole rings is 1. The Morgan fingerprint density at radius 2 is 1.87 bits per heavy atom. The molecule has 0 saturated heterocycles. The van der Waals surface area contributed by atoms with Crippen molar-refractivity contribution in [3.63, 3.8) is 0 Å². The summed E-state index contributed by atoms with van der Waals surface area (Å²) in [4.78, 5) is 28.1. The highest BCUT2D eigenvalue weighted by atomic mass is 16.4. The number of benzene rings is 1. The summed E-state index contributed by atoms with van der Waals surface area (Å²) < 4.78 is 1.78. The number of carbonyl (C=O) groups excluding carboxylic acids is 1. The van der Waals surface area contributed by atoms with Gasteiger partial charge in [0, 0.05) is 11.9 Å². The zero-order chi connectivity index (χ0) is 16.4. The summed E-state index contributed by atoms with van der Waals surface area (Å²) in [7, 11) is 0. The molecule has 1 aromatic carbocycles. The number of nitrogens with one attached hydrogen (secondary N) is 1. The van der Waals surface area contributed by atoms with Crippen LogP contribution < -0.4 is 5.32 Å². The standard InChI is InChI=1S/C17H15N3O3/c1-11-6-5-9-14-18-13(10-20(11)14)16(21)19-15(17(22)23)12-7-3-2-4-8-12/h2-10,15H,1H3,(H,19,21)(H,22,23). The Bertz CT molecular complexity index is 871. The molecule has 1 atom stereocenters. The Morgan fingerprint density at radius 3 is 2.52 bits per heavy atom. The SMILES string of the molecule is Cc1cccc2nc(C(=O)NC(C(=O)O)c3ccccc3)cn12. The molecule has 116 valence electrons. The molecule has 2 N–H and O–H groups in total. The van der Waals surface area contributed by atoms with Crippen LogP contribution in [0, 0.1) is 6.92 Å². The number of carboxylic acid groups (broad SMARTS) is 1. The van der Waals surface area contributed by atoms with Crippen LogP contribution in [0.25, 0.3) is 5.65 Å². The number of pyridine rings is 1. The summed E-state index contributed by atoms with van der Waals surface area (Å²) in [5.74, 6) is -1.64. The van der Waals surface area contributed by atoms with E-state index in [-0.39, 0.29) is 5.69 Å². The molecule has 0 aliphatic heterocycles. The number of carbonyl (C=O) groups is 2. The Morgan fingerprint density at radius 1 is 1.13 bits per heavy atom. The Balaban J connectivity index is 1.89. The lowest BCUT2D eigenvalue weighted by Crippen LogP contribution is -2.33. The highest BCUT2D eigenvalue weighted by Crippen LogP contribution is 2.14. The highest BCUT2D eigenvalue weighted by molar-refractivity contribution is 5.95. The summed E-state index contributed by atoms with van der Waals surface area (Å²) in [5, 5.41) is 11.9. The maximum Gasteiger partial charge on any atom is 0.330 e. The van der Waals surface area contributed by atoms with Crippen LogP contribution in [0.2, 0.25) is 0 Å². The second-order valence-electron chi connectivity index (χ2n) is 5.18. The van der Waals surface area contributed by atoms with E-state index in [0.29, 0.717) is 11.2 Å². The van der Waals surface area contributed by atoms with Crippen molar-refractivity contribution in [1.29, 1.82) is 0 Å². The van der Waals surface area contributed by atoms with Gasteiger partial charge in [0.2, 0.25) is 0 Å². The second-order valence-corrected chi connectivity index (χ2v) is 5.18. The monoisotopic (exact) mass is 309 g/mol. The average Bonchev–Trinajstić information content (AvgIpc) is 2.99. The smallest absolute Gasteiger partial charge is 0.330 e. The molecule has 1 unspecified atom stereocenters. The van der Waals surface area contributed by atoms with Crippen LogP contribution in [0.1, 0.15) is 27.8 Å². The van der Waals surface area contributed by atoms with Crippen molar-refractivity contribution in [3.8, 4) is 0 Å². The molecule has 1 amide bonds. The molecule has 0 radical (unpaired) electrons. The van der Waals surface area contributed by atoms with E-state index in [0.717, 1.165) is 5.69 Å². The topological polar surface area (TPSA) is 83.7 Å². The number of rotatable bonds is 4. The molecule has 23 heavy (non-hydrogen) atoms. The van der Waals surface area contributed by atoms with E-state index in [9.17, 15) is 14.7 Å². The predicted molar refractivity (Wildman–Crippen MR) is 84.2 cm³/mol. The minimum atomic E-state index is -1.12. The molecular weight excluding hydrogens is 294 g/mol. The summed E-state index contributed by atoms with van der Waals surface area (Å²) in [6, 6.07) is 13.0. The van der Waals surface area contributed by atoms with Crippen molar-refractivity contribution < 1.29 is 14.7 Å². The van der Waals surface area contributed by atoms with Gasteiger partial charge in [0.1, 0.15) is 11.3 Å². The number of hydrogen-bond acceptors (Lipinski definition) is 3. The van der Waals surface area contributed by atoms with E-state index < -0.39 is 17.9 Å². The number of aromatic nitrogens is 2. The van der Waals surface area contributed by atoms with Crippen molar-refractivity contribution in [3.05, 3.63) is 71.7 Å². The lowest BCUT2D eigenvalue weighted by atomic mass is 10.1. The molecule has 3 rings (SSSR count). The van der Waals surface area contributed by atoms with Crippen LogP contribution in [-0.4, -0.2) is 26.4 Å². The maximum atomic E-state index is 12.4. The molecule has 0 fully saturated rings. The van der Waals surface area contributed by atoms with Gasteiger partial charge in [0.25, 0.3) is 5.91 Å². The van der Waals surface area contributed by atoms with Crippen molar-refractivity contribution >= 4 is 17.5 Å². The minimum absolute atomic E-state index is 0.182. The first-order valence-corrected chi connectivity index (χ1v) is 7.09. The van der Waals surface area contributed by atoms with Crippen molar-refractivity contribution in [1.82, 2.24) is 14.7 Å². The third-order valence-corrected chi connectivity index (χ3v) is 3.58. The Hall–Kier alpha value is -3.15. The molecule has 0 aliphatic carbocycles. The average molecular weight is 309 g/mol. The van der Waals surface area contributed by atoms with Gasteiger partial charge in [0.15, 0.2) is 6.04 Å². The number of fused-ring (bicyclic) bond motifs is 1. The first kappa shape index (κ1) is 14.8. The van der Waals surface area contributed by atoms with Crippen molar-refractivity contribution in [2.45, 2.75) is 13.0 Å². The fourth-order valence-electron chi connectivity index (χ4n) is 2.40. The summed E-state index contributed by atoms with van der Waals surface area (Å²) >= 11 is 0. The first-order valence-electron chi connectivity index (χ1n) is 7.09. The van der Waals surface area contributed by atoms with Gasteiger partial charge in [-0.15, -0.1) is 0 Å². The van der Waals surface area contributed by atoms with E-state index in [1.54, 1.807) is 47.0 Å². The lowest BCUT2D eigenvalue weighted by Gasteiger charge is -2.13. The molecule has 0 bridgehead atoms. The Labute approximate surface area is 132 Å². The zero-order valence-electron chi connectivity index (χ0n) is 12.4. The molecule has 0 spiro atoms. The number of amides is 1. The molecule has 6 heteroatoms. The van der Waals surface area contributed by atoms with Gasteiger partial charge in [-0.2, -0.15) is 0 Å². The van der Waals surface area contributed by atoms with E-state index in [4.69, 9.17) is 0 Å². The maximum absolute atomic E-state index is 12.4. The molecular formula is C17H15N3O3. The normalized spacial score (nSPS) is 12.0. The number of nitrogens with zero attached hydrogens (tertiary/aromatic N) is 2. The third kappa shape index (κ3) is 2.91. The molecule has 2 aromatic heterocycles. The predicted octanol–water partition coefficient (Wildman–Crippen LogP) is 2.20. The fourth-order valence-corrected chi connectivity index (χ4v) is 2.40. The van der Waals surface area contributed by atoms with Crippen LogP contribution in [-0.2, 0) is 4.79 Å². The summed E-state index contributed by atoms with van der Waals surface area (Å²) in [6.07, 6.45) is 1.60. The quantitative estimate of drug-likeness (QED) is 0.774. The van der Waals surface area contributed by atoms with Gasteiger partial charge in [-0.3, -0.25) is 4.79 Å². The molecule has 2 heterocycles. The van der Waals surface area contributed by atoms with E-state index in [1.165, 1.54) is 0 Å². The van der Waals surface area contributed by atoms with E-state index in [1.807, 2.05) is 19.1 Å². The van der Waals surface area contributed by atoms with Crippen molar-refractivity contribution in [2.75, 3.05) is 0 Å². The summed E-state index contributed by atoms with van der Waals surface area (Å²) in [6.45, 7) is 1.90. The van der Waals surface area contributed by atoms with Crippen LogP contribution >= 0.6 is 0 Å². The minimum Gasteiger partial charge on any atom is -0.479 e. The van der Waals surface area contributed by atoms with Gasteiger partial charge in [-0.1, -0.05) is 36.4 Å². The van der Waals surface area contributed by atoms with Crippen LogP contribution in [0.3, 0.4) is 0 Å². The van der Waals surface area contributed by atoms with Crippen molar-refractivity contribution in [2.24, 2.45) is 0 Å². The molecule has 0 saturated carbocycles. The molecule has 3 aromatic rings. The third-order valence-electron chi connectivity index (χ3n) is 3.58. The van der Waals surface area contributed by atoms with Gasteiger partial charge >= 0.3 is 5.97 Å². The largest absolute Gasteiger partial charge is 0.479 e. The van der Waals surface area contributed by atoms with Crippen LogP contribution in [0.15, 0.2) is 54.7 Å². The highest BCUT2D eigenvalue weighted by Gasteiger charge is 2.23. The van der Waals surface area contributed by atoms with Gasteiger partial charge in [-0.05, 0) is 24.6 Å². The number of carboxylic acids is 1. The first-order chi connectivity index (χ1) is 11.1. The molecule has 0 aliphatic rings. The second kappa shape index (κ2) is 5.92. The molecule has 6 nitrogen and oxygen atoms in total. The summed E-state index contributed by atoms with van der Waals surface area (Å²) in [5.41, 5.74) is 2.27. The van der Waals surface area contributed by atoms with E-state index in [2.05, 4.69) is 10.3 Å². The van der Waals surface area contributed by atoms with Gasteiger partial charge in [-0.25, -0.2) is 9.78 Å². The van der Waals surface area contributed by atoms with E-state index >= 15 is 0 Å². The fraction of sp³-hybridized carbons (Fsp3) is 0.118.